The van der Waals surface area contributed by atoms with E-state index in [0.29, 0.717) is 16.8 Å². The molecule has 0 amide bonds. The second-order valence-corrected chi connectivity index (χ2v) is 7.02. The minimum absolute atomic E-state index is 0.0438. The summed E-state index contributed by atoms with van der Waals surface area (Å²) in [7, 11) is 0. The van der Waals surface area contributed by atoms with Crippen LogP contribution in [0.15, 0.2) is 71.2 Å². The van der Waals surface area contributed by atoms with Crippen LogP contribution < -0.4 is 10.6 Å². The Bertz CT molecular complexity index is 1200. The number of allylic oxidation sites excluding steroid dienone is 3. The van der Waals surface area contributed by atoms with Crippen molar-refractivity contribution in [2.45, 2.75) is 25.9 Å². The Morgan fingerprint density at radius 1 is 1.10 bits per heavy atom. The lowest BCUT2D eigenvalue weighted by Crippen LogP contribution is -2.36. The van der Waals surface area contributed by atoms with E-state index in [1.807, 2.05) is 6.07 Å². The third kappa shape index (κ3) is 3.88. The second-order valence-electron chi connectivity index (χ2n) is 7.02. The molecule has 156 valence electrons. The Morgan fingerprint density at radius 3 is 2.26 bits per heavy atom. The maximum Gasteiger partial charge on any atom is 0.416 e. The van der Waals surface area contributed by atoms with Gasteiger partial charge in [0.1, 0.15) is 5.82 Å². The molecule has 0 spiro atoms. The molecule has 2 N–H and O–H groups in total. The predicted octanol–water partition coefficient (Wildman–Crippen LogP) is 4.74. The van der Waals surface area contributed by atoms with Crippen LogP contribution in [0.5, 0.6) is 0 Å². The number of nitrogens with zero attached hydrogens (tertiary/aromatic N) is 3. The number of anilines is 1. The van der Waals surface area contributed by atoms with Crippen molar-refractivity contribution in [3.63, 3.8) is 0 Å². The van der Waals surface area contributed by atoms with Crippen LogP contribution in [0.2, 0.25) is 0 Å². The maximum absolute atomic E-state index is 13.2. The van der Waals surface area contributed by atoms with E-state index in [-0.39, 0.29) is 22.7 Å². The zero-order chi connectivity index (χ0) is 22.9. The summed E-state index contributed by atoms with van der Waals surface area (Å²) in [4.78, 5) is 13.9. The molecule has 1 heterocycles. The number of carbonyl (C=O) groups is 1. The highest BCUT2D eigenvalue weighted by Crippen LogP contribution is 2.43. The summed E-state index contributed by atoms with van der Waals surface area (Å²) in [6, 6.07) is 15.0. The van der Waals surface area contributed by atoms with E-state index >= 15 is 0 Å². The third-order valence-electron chi connectivity index (χ3n) is 5.12. The number of alkyl halides is 3. The van der Waals surface area contributed by atoms with Crippen molar-refractivity contribution in [1.29, 1.82) is 10.5 Å². The molecule has 0 bridgehead atoms. The monoisotopic (exact) mass is 422 g/mol. The number of Topliss-reactive ketones (excluding diaryl/α,β-unsaturated/α-hetero) is 1. The predicted molar refractivity (Wildman–Crippen MR) is 108 cm³/mol. The van der Waals surface area contributed by atoms with Gasteiger partial charge in [-0.05, 0) is 49.7 Å². The van der Waals surface area contributed by atoms with Gasteiger partial charge in [-0.1, -0.05) is 18.2 Å². The Kier molecular flexibility index (Phi) is 5.59. The number of hydrogen-bond acceptors (Lipinski definition) is 5. The van der Waals surface area contributed by atoms with Gasteiger partial charge in [-0.3, -0.25) is 9.69 Å². The van der Waals surface area contributed by atoms with E-state index in [1.54, 1.807) is 31.2 Å². The molecular weight excluding hydrogens is 405 g/mol. The lowest BCUT2D eigenvalue weighted by atomic mass is 9.79. The van der Waals surface area contributed by atoms with E-state index in [4.69, 9.17) is 11.0 Å². The van der Waals surface area contributed by atoms with E-state index in [1.165, 1.54) is 24.0 Å². The van der Waals surface area contributed by atoms with E-state index in [9.17, 15) is 23.2 Å². The van der Waals surface area contributed by atoms with Gasteiger partial charge in [0.05, 0.1) is 34.8 Å². The molecule has 1 aliphatic heterocycles. The Labute approximate surface area is 177 Å². The Morgan fingerprint density at radius 2 is 1.74 bits per heavy atom. The SMILES string of the molecule is CC(=O)C1=C(N)N(c2cccc(C(F)(F)F)c2)C(C)=C(C#N)C1c1ccc(C#N)cc1. The van der Waals surface area contributed by atoms with Crippen LogP contribution >= 0.6 is 0 Å². The fourth-order valence-electron chi connectivity index (χ4n) is 3.69. The molecule has 1 aliphatic rings. The first kappa shape index (κ1) is 21.7. The third-order valence-corrected chi connectivity index (χ3v) is 5.12. The van der Waals surface area contributed by atoms with Crippen molar-refractivity contribution >= 4 is 11.5 Å². The van der Waals surface area contributed by atoms with Crippen molar-refractivity contribution in [2.75, 3.05) is 4.90 Å². The summed E-state index contributed by atoms with van der Waals surface area (Å²) in [5.41, 5.74) is 7.12. The molecule has 0 saturated heterocycles. The molecule has 0 aliphatic carbocycles. The number of nitriles is 2. The second kappa shape index (κ2) is 8.00. The van der Waals surface area contributed by atoms with Crippen LogP contribution in [0.3, 0.4) is 0 Å². The van der Waals surface area contributed by atoms with Crippen LogP contribution in [-0.4, -0.2) is 5.78 Å². The highest BCUT2D eigenvalue weighted by molar-refractivity contribution is 5.98. The molecule has 8 heteroatoms. The van der Waals surface area contributed by atoms with Gasteiger partial charge in [-0.25, -0.2) is 0 Å². The van der Waals surface area contributed by atoms with Crippen LogP contribution in [0.1, 0.15) is 36.5 Å². The number of carbonyl (C=O) groups excluding carboxylic acids is 1. The normalized spacial score (nSPS) is 16.7. The Hall–Kier alpha value is -4.04. The van der Waals surface area contributed by atoms with Crippen molar-refractivity contribution in [2.24, 2.45) is 5.73 Å². The fraction of sp³-hybridized carbons (Fsp3) is 0.174. The zero-order valence-electron chi connectivity index (χ0n) is 16.7. The number of halogens is 3. The number of nitrogens with two attached hydrogens (primary N) is 1. The van der Waals surface area contributed by atoms with Crippen LogP contribution in [0.4, 0.5) is 18.9 Å². The molecule has 2 aromatic rings. The number of benzene rings is 2. The quantitative estimate of drug-likeness (QED) is 0.771. The van der Waals surface area contributed by atoms with Crippen molar-refractivity contribution in [3.05, 3.63) is 87.9 Å². The zero-order valence-corrected chi connectivity index (χ0v) is 16.7. The molecular formula is C23H17F3N4O. The first-order chi connectivity index (χ1) is 14.6. The lowest BCUT2D eigenvalue weighted by Gasteiger charge is -2.36. The highest BCUT2D eigenvalue weighted by Gasteiger charge is 2.37. The molecule has 1 unspecified atom stereocenters. The van der Waals surface area contributed by atoms with Gasteiger partial charge in [0.15, 0.2) is 5.78 Å². The lowest BCUT2D eigenvalue weighted by molar-refractivity contribution is -0.137. The van der Waals surface area contributed by atoms with Gasteiger partial charge >= 0.3 is 6.18 Å². The average Bonchev–Trinajstić information content (AvgIpc) is 2.73. The molecule has 0 aromatic heterocycles. The van der Waals surface area contributed by atoms with Crippen LogP contribution in [0.25, 0.3) is 0 Å². The summed E-state index contributed by atoms with van der Waals surface area (Å²) in [5, 5.41) is 18.9. The molecule has 0 fully saturated rings. The van der Waals surface area contributed by atoms with Gasteiger partial charge in [-0.15, -0.1) is 0 Å². The van der Waals surface area contributed by atoms with Gasteiger partial charge in [-0.2, -0.15) is 23.7 Å². The summed E-state index contributed by atoms with van der Waals surface area (Å²) >= 11 is 0. The van der Waals surface area contributed by atoms with E-state index < -0.39 is 23.4 Å². The van der Waals surface area contributed by atoms with Gasteiger partial charge < -0.3 is 5.73 Å². The topological polar surface area (TPSA) is 93.9 Å². The number of hydrogen-bond donors (Lipinski definition) is 1. The number of ketones is 1. The summed E-state index contributed by atoms with van der Waals surface area (Å²) in [6.45, 7) is 2.86. The molecule has 1 atom stereocenters. The fourth-order valence-corrected chi connectivity index (χ4v) is 3.69. The first-order valence-electron chi connectivity index (χ1n) is 9.19. The van der Waals surface area contributed by atoms with Crippen LogP contribution in [-0.2, 0) is 11.0 Å². The number of rotatable bonds is 3. The molecule has 5 nitrogen and oxygen atoms in total. The minimum Gasteiger partial charge on any atom is -0.384 e. The Balaban J connectivity index is 2.24. The van der Waals surface area contributed by atoms with Gasteiger partial charge in [0, 0.05) is 17.0 Å². The molecule has 0 radical (unpaired) electrons. The smallest absolute Gasteiger partial charge is 0.384 e. The summed E-state index contributed by atoms with van der Waals surface area (Å²) < 4.78 is 39.7. The van der Waals surface area contributed by atoms with E-state index in [2.05, 4.69) is 6.07 Å². The molecule has 2 aromatic carbocycles. The largest absolute Gasteiger partial charge is 0.416 e. The molecule has 3 rings (SSSR count). The van der Waals surface area contributed by atoms with Crippen molar-refractivity contribution < 1.29 is 18.0 Å². The standard InChI is InChI=1S/C23H17F3N4O/c1-13-19(12-28)21(16-8-6-15(11-27)7-9-16)20(14(2)31)22(29)30(13)18-5-3-4-17(10-18)23(24,25)26/h3-10,21H,29H2,1-2H3. The summed E-state index contributed by atoms with van der Waals surface area (Å²) in [5.74, 6) is -1.25. The van der Waals surface area contributed by atoms with Crippen molar-refractivity contribution in [1.82, 2.24) is 0 Å². The maximum atomic E-state index is 13.2. The van der Waals surface area contributed by atoms with Crippen molar-refractivity contribution in [3.8, 4) is 12.1 Å². The highest BCUT2D eigenvalue weighted by atomic mass is 19.4. The van der Waals surface area contributed by atoms with Gasteiger partial charge in [0.2, 0.25) is 0 Å². The van der Waals surface area contributed by atoms with Crippen LogP contribution in [0, 0.1) is 22.7 Å². The minimum atomic E-state index is -4.56. The van der Waals surface area contributed by atoms with Gasteiger partial charge in [0.25, 0.3) is 0 Å². The molecule has 0 saturated carbocycles. The molecule has 31 heavy (non-hydrogen) atoms. The average molecular weight is 422 g/mol. The first-order valence-corrected chi connectivity index (χ1v) is 9.19. The van der Waals surface area contributed by atoms with E-state index in [0.717, 1.165) is 12.1 Å². The summed E-state index contributed by atoms with van der Waals surface area (Å²) in [6.07, 6.45) is -4.56.